The fraction of sp³-hybridized carbons (Fsp3) is 0.167. The van der Waals surface area contributed by atoms with Gasteiger partial charge in [0.25, 0.3) is 0 Å². The normalized spacial score (nSPS) is 10.8. The van der Waals surface area contributed by atoms with Crippen LogP contribution in [0.3, 0.4) is 0 Å². The predicted molar refractivity (Wildman–Crippen MR) is 89.9 cm³/mol. The summed E-state index contributed by atoms with van der Waals surface area (Å²) in [5, 5.41) is 4.82. The number of aromatic nitrogens is 1. The molecule has 4 heteroatoms. The summed E-state index contributed by atoms with van der Waals surface area (Å²) in [6.07, 6.45) is 3.16. The molecule has 1 heterocycles. The van der Waals surface area contributed by atoms with Crippen LogP contribution in [-0.4, -0.2) is 10.9 Å². The van der Waals surface area contributed by atoms with E-state index in [1.54, 1.807) is 0 Å². The Morgan fingerprint density at radius 2 is 1.82 bits per heavy atom. The number of fused-ring (bicyclic) bond motifs is 1. The summed E-state index contributed by atoms with van der Waals surface area (Å²) in [6, 6.07) is 15.8. The van der Waals surface area contributed by atoms with Crippen molar-refractivity contribution in [3.63, 3.8) is 0 Å². The molecule has 22 heavy (non-hydrogen) atoms. The Hall–Kier alpha value is -2.26. The monoisotopic (exact) mass is 312 g/mol. The zero-order valence-electron chi connectivity index (χ0n) is 12.1. The fourth-order valence-corrected chi connectivity index (χ4v) is 2.53. The molecule has 2 aromatic carbocycles. The number of rotatable bonds is 5. The number of benzene rings is 2. The first-order valence-electron chi connectivity index (χ1n) is 7.28. The number of aromatic amines is 1. The number of aryl methyl sites for hydroxylation is 1. The molecule has 0 aliphatic carbocycles. The highest BCUT2D eigenvalue weighted by Crippen LogP contribution is 2.15. The van der Waals surface area contributed by atoms with Crippen molar-refractivity contribution >= 4 is 28.4 Å². The second-order valence-corrected chi connectivity index (χ2v) is 5.74. The molecule has 2 N–H and O–H groups in total. The Labute approximate surface area is 134 Å². The van der Waals surface area contributed by atoms with Crippen molar-refractivity contribution in [2.75, 3.05) is 0 Å². The van der Waals surface area contributed by atoms with Crippen LogP contribution in [0.5, 0.6) is 0 Å². The summed E-state index contributed by atoms with van der Waals surface area (Å²) < 4.78 is 0. The molecule has 0 atom stereocenters. The molecule has 0 saturated carbocycles. The summed E-state index contributed by atoms with van der Waals surface area (Å²) in [7, 11) is 0. The molecular weight excluding hydrogens is 296 g/mol. The molecule has 0 saturated heterocycles. The van der Waals surface area contributed by atoms with Gasteiger partial charge in [0, 0.05) is 29.7 Å². The van der Waals surface area contributed by atoms with E-state index in [0.717, 1.165) is 17.5 Å². The van der Waals surface area contributed by atoms with Crippen molar-refractivity contribution in [1.82, 2.24) is 10.3 Å². The molecule has 0 unspecified atom stereocenters. The van der Waals surface area contributed by atoms with Gasteiger partial charge in [0.15, 0.2) is 0 Å². The van der Waals surface area contributed by atoms with Gasteiger partial charge in [-0.25, -0.2) is 0 Å². The highest BCUT2D eigenvalue weighted by molar-refractivity contribution is 6.30. The number of hydrogen-bond acceptors (Lipinski definition) is 1. The third-order valence-electron chi connectivity index (χ3n) is 3.66. The van der Waals surface area contributed by atoms with Crippen LogP contribution in [0, 0.1) is 0 Å². The lowest BCUT2D eigenvalue weighted by molar-refractivity contribution is -0.121. The number of hydrogen-bond donors (Lipinski definition) is 2. The Morgan fingerprint density at radius 1 is 1.05 bits per heavy atom. The van der Waals surface area contributed by atoms with Crippen molar-refractivity contribution in [3.8, 4) is 0 Å². The number of amides is 1. The van der Waals surface area contributed by atoms with E-state index in [1.165, 1.54) is 10.9 Å². The molecule has 3 aromatic rings. The van der Waals surface area contributed by atoms with Gasteiger partial charge < -0.3 is 10.3 Å². The Balaban J connectivity index is 1.50. The predicted octanol–water partition coefficient (Wildman–Crippen LogP) is 4.07. The maximum atomic E-state index is 11.9. The quantitative estimate of drug-likeness (QED) is 0.733. The number of carbonyl (C=O) groups is 1. The van der Waals surface area contributed by atoms with Crippen molar-refractivity contribution in [2.45, 2.75) is 19.4 Å². The lowest BCUT2D eigenvalue weighted by atomic mass is 10.1. The highest BCUT2D eigenvalue weighted by Gasteiger charge is 2.04. The Bertz CT molecular complexity index is 777. The van der Waals surface area contributed by atoms with Crippen molar-refractivity contribution in [2.24, 2.45) is 0 Å². The van der Waals surface area contributed by atoms with Crippen LogP contribution in [0.15, 0.2) is 54.7 Å². The molecule has 0 aliphatic rings. The zero-order chi connectivity index (χ0) is 15.4. The van der Waals surface area contributed by atoms with Gasteiger partial charge in [0.05, 0.1) is 0 Å². The van der Waals surface area contributed by atoms with E-state index in [2.05, 4.69) is 28.5 Å². The molecule has 1 aromatic heterocycles. The molecular formula is C18H17ClN2O. The Morgan fingerprint density at radius 3 is 2.64 bits per heavy atom. The second-order valence-electron chi connectivity index (χ2n) is 5.30. The van der Waals surface area contributed by atoms with Gasteiger partial charge in [-0.15, -0.1) is 0 Å². The van der Waals surface area contributed by atoms with E-state index in [-0.39, 0.29) is 5.91 Å². The molecule has 0 fully saturated rings. The van der Waals surface area contributed by atoms with Crippen LogP contribution in [-0.2, 0) is 17.8 Å². The molecule has 0 aliphatic heterocycles. The minimum atomic E-state index is 0.0594. The first-order chi connectivity index (χ1) is 10.7. The summed E-state index contributed by atoms with van der Waals surface area (Å²) in [5.41, 5.74) is 3.34. The summed E-state index contributed by atoms with van der Waals surface area (Å²) >= 11 is 5.84. The minimum Gasteiger partial charge on any atom is -0.361 e. The first-order valence-corrected chi connectivity index (χ1v) is 7.66. The average molecular weight is 313 g/mol. The molecule has 1 amide bonds. The van der Waals surface area contributed by atoms with Crippen LogP contribution in [0.2, 0.25) is 5.02 Å². The highest BCUT2D eigenvalue weighted by atomic mass is 35.5. The molecule has 0 radical (unpaired) electrons. The maximum Gasteiger partial charge on any atom is 0.220 e. The molecule has 3 nitrogen and oxygen atoms in total. The SMILES string of the molecule is O=C(CCc1ccc2[nH]ccc2c1)NCc1ccc(Cl)cc1. The van der Waals surface area contributed by atoms with E-state index in [4.69, 9.17) is 11.6 Å². The third kappa shape index (κ3) is 3.68. The topological polar surface area (TPSA) is 44.9 Å². The fourth-order valence-electron chi connectivity index (χ4n) is 2.41. The molecule has 3 rings (SSSR count). The van der Waals surface area contributed by atoms with Crippen molar-refractivity contribution in [3.05, 3.63) is 70.9 Å². The van der Waals surface area contributed by atoms with Crippen LogP contribution in [0.4, 0.5) is 0 Å². The smallest absolute Gasteiger partial charge is 0.220 e. The van der Waals surface area contributed by atoms with E-state index in [1.807, 2.05) is 36.5 Å². The second kappa shape index (κ2) is 6.67. The Kier molecular flexibility index (Phi) is 4.45. The molecule has 0 spiro atoms. The van der Waals surface area contributed by atoms with E-state index in [0.29, 0.717) is 18.0 Å². The maximum absolute atomic E-state index is 11.9. The summed E-state index contributed by atoms with van der Waals surface area (Å²) in [5.74, 6) is 0.0594. The van der Waals surface area contributed by atoms with Crippen molar-refractivity contribution in [1.29, 1.82) is 0 Å². The standard InChI is InChI=1S/C18H17ClN2O/c19-16-5-1-14(2-6-16)12-21-18(22)8-4-13-3-7-17-15(11-13)9-10-20-17/h1-3,5-7,9-11,20H,4,8,12H2,(H,21,22). The first kappa shape index (κ1) is 14.7. The van der Waals surface area contributed by atoms with Crippen LogP contribution >= 0.6 is 11.6 Å². The van der Waals surface area contributed by atoms with Gasteiger partial charge in [-0.3, -0.25) is 4.79 Å². The number of nitrogens with one attached hydrogen (secondary N) is 2. The number of carbonyl (C=O) groups excluding carboxylic acids is 1. The largest absolute Gasteiger partial charge is 0.361 e. The average Bonchev–Trinajstić information content (AvgIpc) is 3.00. The van der Waals surface area contributed by atoms with Crippen LogP contribution < -0.4 is 5.32 Å². The lowest BCUT2D eigenvalue weighted by Gasteiger charge is -2.06. The van der Waals surface area contributed by atoms with Gasteiger partial charge in [0.2, 0.25) is 5.91 Å². The minimum absolute atomic E-state index is 0.0594. The van der Waals surface area contributed by atoms with Crippen LogP contribution in [0.1, 0.15) is 17.5 Å². The van der Waals surface area contributed by atoms with Gasteiger partial charge in [0.1, 0.15) is 0 Å². The molecule has 0 bridgehead atoms. The molecule has 112 valence electrons. The van der Waals surface area contributed by atoms with Gasteiger partial charge in [-0.2, -0.15) is 0 Å². The van der Waals surface area contributed by atoms with Gasteiger partial charge >= 0.3 is 0 Å². The van der Waals surface area contributed by atoms with E-state index < -0.39 is 0 Å². The van der Waals surface area contributed by atoms with Gasteiger partial charge in [-0.05, 0) is 53.3 Å². The van der Waals surface area contributed by atoms with E-state index in [9.17, 15) is 4.79 Å². The zero-order valence-corrected chi connectivity index (χ0v) is 12.9. The van der Waals surface area contributed by atoms with Crippen molar-refractivity contribution < 1.29 is 4.79 Å². The third-order valence-corrected chi connectivity index (χ3v) is 3.91. The number of H-pyrrole nitrogens is 1. The van der Waals surface area contributed by atoms with E-state index >= 15 is 0 Å². The van der Waals surface area contributed by atoms with Crippen LogP contribution in [0.25, 0.3) is 10.9 Å². The number of halogens is 1. The van der Waals surface area contributed by atoms with Gasteiger partial charge in [-0.1, -0.05) is 29.8 Å². The lowest BCUT2D eigenvalue weighted by Crippen LogP contribution is -2.22. The summed E-state index contributed by atoms with van der Waals surface area (Å²) in [4.78, 5) is 15.1. The summed E-state index contributed by atoms with van der Waals surface area (Å²) in [6.45, 7) is 0.535.